The fourth-order valence-corrected chi connectivity index (χ4v) is 1.07. The Hall–Kier alpha value is 0.135. The maximum Gasteiger partial charge on any atom is 1.00 e. The Morgan fingerprint density at radius 1 is 0.667 bits per heavy atom. The molecule has 0 rings (SSSR count). The predicted molar refractivity (Wildman–Crippen MR) is 42.3 cm³/mol. The maximum atomic E-state index is 9.98. The molecule has 0 aliphatic carbocycles. The monoisotopic (exact) mass is 200 g/mol. The van der Waals surface area contributed by atoms with Crippen LogP contribution >= 0.6 is 0 Å². The number of carbonyl (C=O) groups excluding carboxylic acids is 2. The topological polar surface area (TPSA) is 80.3 Å². The van der Waals surface area contributed by atoms with E-state index in [4.69, 9.17) is 0 Å². The third-order valence-electron chi connectivity index (χ3n) is 1.76. The van der Waals surface area contributed by atoms with Crippen LogP contribution in [0.5, 0.6) is 0 Å². The fraction of sp³-hybridized carbons (Fsp3) is 0.778. The van der Waals surface area contributed by atoms with Crippen molar-refractivity contribution in [1.29, 1.82) is 0 Å². The molecule has 0 aliphatic rings. The van der Waals surface area contributed by atoms with Crippen molar-refractivity contribution in [2.45, 2.75) is 44.9 Å². The average molecular weight is 200 g/mol. The molecule has 0 aromatic carbocycles. The Morgan fingerprint density at radius 3 is 1.20 bits per heavy atom. The molecule has 0 aromatic rings. The van der Waals surface area contributed by atoms with Crippen LogP contribution in [0.3, 0.4) is 0 Å². The second kappa shape index (κ2) is 14.1. The summed E-state index contributed by atoms with van der Waals surface area (Å²) < 4.78 is 0. The molecular formula is C9H14Li2O4. The van der Waals surface area contributed by atoms with E-state index in [1.807, 2.05) is 0 Å². The molecule has 0 unspecified atom stereocenters. The van der Waals surface area contributed by atoms with Crippen molar-refractivity contribution in [1.82, 2.24) is 0 Å². The molecule has 76 valence electrons. The largest absolute Gasteiger partial charge is 1.00 e. The smallest absolute Gasteiger partial charge is 0.550 e. The van der Waals surface area contributed by atoms with Crippen molar-refractivity contribution in [3.05, 3.63) is 0 Å². The van der Waals surface area contributed by atoms with E-state index in [1.165, 1.54) is 0 Å². The van der Waals surface area contributed by atoms with Gasteiger partial charge in [0.1, 0.15) is 0 Å². The van der Waals surface area contributed by atoms with E-state index in [1.54, 1.807) is 0 Å². The summed E-state index contributed by atoms with van der Waals surface area (Å²) in [5, 5.41) is 20.0. The molecular weight excluding hydrogens is 186 g/mol. The van der Waals surface area contributed by atoms with Crippen LogP contribution in [-0.2, 0) is 9.59 Å². The van der Waals surface area contributed by atoms with E-state index >= 15 is 0 Å². The average Bonchev–Trinajstić information content (AvgIpc) is 2.01. The van der Waals surface area contributed by atoms with Gasteiger partial charge in [-0.1, -0.05) is 19.3 Å². The van der Waals surface area contributed by atoms with Gasteiger partial charge in [0, 0.05) is 11.9 Å². The first-order valence-corrected chi connectivity index (χ1v) is 4.52. The minimum atomic E-state index is -1.02. The van der Waals surface area contributed by atoms with Gasteiger partial charge in [0.25, 0.3) is 0 Å². The number of hydrogen-bond donors (Lipinski definition) is 0. The van der Waals surface area contributed by atoms with Gasteiger partial charge in [-0.25, -0.2) is 0 Å². The maximum absolute atomic E-state index is 9.98. The van der Waals surface area contributed by atoms with Gasteiger partial charge in [0.15, 0.2) is 0 Å². The van der Waals surface area contributed by atoms with Crippen molar-refractivity contribution in [3.63, 3.8) is 0 Å². The van der Waals surface area contributed by atoms with Gasteiger partial charge in [0.05, 0.1) is 0 Å². The predicted octanol–water partition coefficient (Wildman–Crippen LogP) is -6.78. The first-order chi connectivity index (χ1) is 6.13. The molecule has 0 aromatic heterocycles. The van der Waals surface area contributed by atoms with Gasteiger partial charge in [-0.3, -0.25) is 0 Å². The van der Waals surface area contributed by atoms with E-state index in [9.17, 15) is 19.8 Å². The molecule has 0 heterocycles. The van der Waals surface area contributed by atoms with Crippen molar-refractivity contribution in [2.75, 3.05) is 0 Å². The van der Waals surface area contributed by atoms with Gasteiger partial charge < -0.3 is 19.8 Å². The SMILES string of the molecule is O=C([O-])CCCCCCCC(=O)[O-].[Li+].[Li+]. The van der Waals surface area contributed by atoms with Crippen molar-refractivity contribution in [3.8, 4) is 0 Å². The van der Waals surface area contributed by atoms with Crippen LogP contribution in [0.1, 0.15) is 44.9 Å². The summed E-state index contributed by atoms with van der Waals surface area (Å²) in [4.78, 5) is 20.0. The molecule has 0 saturated carbocycles. The molecule has 0 saturated heterocycles. The van der Waals surface area contributed by atoms with E-state index in [0.29, 0.717) is 12.8 Å². The fourth-order valence-electron chi connectivity index (χ4n) is 1.07. The van der Waals surface area contributed by atoms with Gasteiger partial charge in [-0.15, -0.1) is 0 Å². The zero-order valence-electron chi connectivity index (χ0n) is 9.58. The number of unbranched alkanes of at least 4 members (excludes halogenated alkanes) is 4. The minimum Gasteiger partial charge on any atom is -0.550 e. The van der Waals surface area contributed by atoms with E-state index in [-0.39, 0.29) is 50.6 Å². The van der Waals surface area contributed by atoms with Crippen LogP contribution in [0.15, 0.2) is 0 Å². The summed E-state index contributed by atoms with van der Waals surface area (Å²) in [7, 11) is 0. The standard InChI is InChI=1S/C9H16O4.2Li/c10-8(11)6-4-2-1-3-5-7-9(12)13;;/h1-7H2,(H,10,11)(H,12,13);;/q;2*+1/p-2. The number of carboxylic acid groups (broad SMARTS) is 2. The van der Waals surface area contributed by atoms with Crippen LogP contribution in [-0.4, -0.2) is 11.9 Å². The van der Waals surface area contributed by atoms with E-state index in [0.717, 1.165) is 19.3 Å². The zero-order chi connectivity index (χ0) is 10.1. The summed E-state index contributed by atoms with van der Waals surface area (Å²) in [6.45, 7) is 0. The van der Waals surface area contributed by atoms with Gasteiger partial charge in [0.2, 0.25) is 0 Å². The molecule has 0 bridgehead atoms. The molecule has 0 atom stereocenters. The Balaban J connectivity index is -0.000000720. The van der Waals surface area contributed by atoms with Crippen molar-refractivity contribution >= 4 is 11.9 Å². The molecule has 0 amide bonds. The molecule has 0 aliphatic heterocycles. The van der Waals surface area contributed by atoms with Crippen molar-refractivity contribution < 1.29 is 57.5 Å². The number of aliphatic carboxylic acids is 2. The summed E-state index contributed by atoms with van der Waals surface area (Å²) >= 11 is 0. The van der Waals surface area contributed by atoms with Crippen LogP contribution in [0, 0.1) is 0 Å². The number of rotatable bonds is 8. The molecule has 0 radical (unpaired) electrons. The summed E-state index contributed by atoms with van der Waals surface area (Å²) in [6, 6.07) is 0. The zero-order valence-corrected chi connectivity index (χ0v) is 9.58. The Morgan fingerprint density at radius 2 is 0.933 bits per heavy atom. The van der Waals surface area contributed by atoms with E-state index < -0.39 is 11.9 Å². The van der Waals surface area contributed by atoms with Gasteiger partial charge in [-0.2, -0.15) is 0 Å². The van der Waals surface area contributed by atoms with Crippen LogP contribution < -0.4 is 47.9 Å². The molecule has 15 heavy (non-hydrogen) atoms. The summed E-state index contributed by atoms with van der Waals surface area (Å²) in [5.74, 6) is -2.04. The first-order valence-electron chi connectivity index (χ1n) is 4.52. The molecule has 0 fully saturated rings. The molecule has 6 heteroatoms. The summed E-state index contributed by atoms with van der Waals surface area (Å²) in [5.41, 5.74) is 0. The minimum absolute atomic E-state index is 0. The second-order valence-electron chi connectivity index (χ2n) is 3.01. The Labute approximate surface area is 114 Å². The number of carboxylic acids is 2. The molecule has 4 nitrogen and oxygen atoms in total. The van der Waals surface area contributed by atoms with Gasteiger partial charge >= 0.3 is 37.7 Å². The molecule has 0 spiro atoms. The number of carbonyl (C=O) groups is 2. The second-order valence-corrected chi connectivity index (χ2v) is 3.01. The third-order valence-corrected chi connectivity index (χ3v) is 1.76. The Kier molecular flexibility index (Phi) is 19.4. The third kappa shape index (κ3) is 20.3. The normalized spacial score (nSPS) is 8.53. The Bertz CT molecular complexity index is 155. The van der Waals surface area contributed by atoms with Crippen LogP contribution in [0.2, 0.25) is 0 Å². The van der Waals surface area contributed by atoms with Crippen LogP contribution in [0.4, 0.5) is 0 Å². The quantitative estimate of drug-likeness (QED) is 0.288. The van der Waals surface area contributed by atoms with Gasteiger partial charge in [-0.05, 0) is 25.7 Å². The van der Waals surface area contributed by atoms with E-state index in [2.05, 4.69) is 0 Å². The summed E-state index contributed by atoms with van der Waals surface area (Å²) in [6.07, 6.45) is 3.95. The molecule has 0 N–H and O–H groups in total. The first kappa shape index (κ1) is 20.5. The van der Waals surface area contributed by atoms with Crippen molar-refractivity contribution in [2.24, 2.45) is 0 Å². The van der Waals surface area contributed by atoms with Crippen LogP contribution in [0.25, 0.3) is 0 Å². The number of hydrogen-bond acceptors (Lipinski definition) is 4.